The summed E-state index contributed by atoms with van der Waals surface area (Å²) in [5.41, 5.74) is 1.68. The Balaban J connectivity index is 1.54. The Morgan fingerprint density at radius 1 is 0.966 bits per heavy atom. The maximum Gasteiger partial charge on any atom is 0.363 e. The smallest absolute Gasteiger partial charge is 0.363 e. The first kappa shape index (κ1) is 18.3. The maximum absolute atomic E-state index is 13.0. The van der Waals surface area contributed by atoms with Crippen LogP contribution in [0.25, 0.3) is 6.08 Å². The molecular weight excluding hydrogens is 373 g/mol. The fourth-order valence-corrected chi connectivity index (χ4v) is 2.69. The van der Waals surface area contributed by atoms with Crippen molar-refractivity contribution < 1.29 is 23.5 Å². The molecule has 0 bridgehead atoms. The third-order valence-corrected chi connectivity index (χ3v) is 4.09. The van der Waals surface area contributed by atoms with E-state index in [-0.39, 0.29) is 22.9 Å². The molecule has 0 fully saturated rings. The molecular formula is C23H14FNO4. The minimum atomic E-state index is -0.612. The molecule has 142 valence electrons. The van der Waals surface area contributed by atoms with Crippen LogP contribution in [-0.2, 0) is 9.53 Å². The predicted molar refractivity (Wildman–Crippen MR) is 105 cm³/mol. The largest absolute Gasteiger partial charge is 0.423 e. The first-order chi connectivity index (χ1) is 14.1. The first-order valence-electron chi connectivity index (χ1n) is 8.74. The monoisotopic (exact) mass is 387 g/mol. The van der Waals surface area contributed by atoms with Gasteiger partial charge < -0.3 is 9.47 Å². The zero-order valence-corrected chi connectivity index (χ0v) is 15.0. The number of carbonyl (C=O) groups is 2. The number of benzene rings is 3. The van der Waals surface area contributed by atoms with Crippen molar-refractivity contribution in [3.63, 3.8) is 0 Å². The summed E-state index contributed by atoms with van der Waals surface area (Å²) in [6.45, 7) is 0. The van der Waals surface area contributed by atoms with Gasteiger partial charge in [-0.1, -0.05) is 30.3 Å². The Morgan fingerprint density at radius 3 is 2.48 bits per heavy atom. The molecule has 0 aromatic heterocycles. The summed E-state index contributed by atoms with van der Waals surface area (Å²) in [5, 5.41) is 0. The molecule has 0 unspecified atom stereocenters. The van der Waals surface area contributed by atoms with Gasteiger partial charge in [-0.05, 0) is 60.2 Å². The van der Waals surface area contributed by atoms with Gasteiger partial charge in [0, 0.05) is 5.56 Å². The fourth-order valence-electron chi connectivity index (χ4n) is 2.69. The highest BCUT2D eigenvalue weighted by molar-refractivity contribution is 6.12. The quantitative estimate of drug-likeness (QED) is 0.378. The second-order valence-electron chi connectivity index (χ2n) is 6.17. The number of ether oxygens (including phenoxy) is 2. The molecule has 0 atom stereocenters. The molecule has 5 nitrogen and oxygen atoms in total. The molecule has 6 heteroatoms. The number of carbonyl (C=O) groups excluding carboxylic acids is 2. The van der Waals surface area contributed by atoms with Gasteiger partial charge in [0.1, 0.15) is 11.6 Å². The number of rotatable bonds is 4. The standard InChI is InChI=1S/C23H14FNO4/c24-18-11-9-17(10-12-18)22(26)28-19-8-4-5-15(13-19)14-20-23(27)29-21(25-20)16-6-2-1-3-7-16/h1-14H. The van der Waals surface area contributed by atoms with Crippen LogP contribution in [0, 0.1) is 5.82 Å². The molecule has 29 heavy (non-hydrogen) atoms. The maximum atomic E-state index is 13.0. The van der Waals surface area contributed by atoms with E-state index in [1.807, 2.05) is 18.2 Å². The number of cyclic esters (lactones) is 1. The van der Waals surface area contributed by atoms with Crippen LogP contribution >= 0.6 is 0 Å². The van der Waals surface area contributed by atoms with Crippen LogP contribution in [0.4, 0.5) is 4.39 Å². The molecule has 4 rings (SSSR count). The second kappa shape index (κ2) is 7.90. The second-order valence-corrected chi connectivity index (χ2v) is 6.17. The SMILES string of the molecule is O=C1OC(c2ccccc2)=NC1=Cc1cccc(OC(=O)c2ccc(F)cc2)c1. The van der Waals surface area contributed by atoms with Crippen molar-refractivity contribution >= 4 is 23.9 Å². The van der Waals surface area contributed by atoms with Crippen LogP contribution in [0.15, 0.2) is 89.6 Å². The highest BCUT2D eigenvalue weighted by Gasteiger charge is 2.24. The lowest BCUT2D eigenvalue weighted by Gasteiger charge is -2.05. The summed E-state index contributed by atoms with van der Waals surface area (Å²) in [6, 6.07) is 20.8. The van der Waals surface area contributed by atoms with Gasteiger partial charge in [-0.3, -0.25) is 0 Å². The van der Waals surface area contributed by atoms with Crippen LogP contribution in [0.1, 0.15) is 21.5 Å². The Kier molecular flexibility index (Phi) is 4.99. The van der Waals surface area contributed by atoms with Gasteiger partial charge in [-0.2, -0.15) is 0 Å². The van der Waals surface area contributed by atoms with Crippen LogP contribution in [0.3, 0.4) is 0 Å². The molecule has 0 saturated carbocycles. The molecule has 0 saturated heterocycles. The van der Waals surface area contributed by atoms with Gasteiger partial charge in [-0.25, -0.2) is 19.0 Å². The molecule has 0 N–H and O–H groups in total. The van der Waals surface area contributed by atoms with Crippen molar-refractivity contribution in [1.82, 2.24) is 0 Å². The lowest BCUT2D eigenvalue weighted by Crippen LogP contribution is -2.08. The van der Waals surface area contributed by atoms with Crippen LogP contribution < -0.4 is 4.74 Å². The highest BCUT2D eigenvalue weighted by atomic mass is 19.1. The van der Waals surface area contributed by atoms with E-state index in [9.17, 15) is 14.0 Å². The van der Waals surface area contributed by atoms with E-state index in [0.29, 0.717) is 11.1 Å². The van der Waals surface area contributed by atoms with Gasteiger partial charge in [-0.15, -0.1) is 0 Å². The molecule has 0 spiro atoms. The zero-order valence-electron chi connectivity index (χ0n) is 15.0. The van der Waals surface area contributed by atoms with E-state index in [1.165, 1.54) is 24.3 Å². The first-order valence-corrected chi connectivity index (χ1v) is 8.74. The van der Waals surface area contributed by atoms with Crippen molar-refractivity contribution in [1.29, 1.82) is 0 Å². The molecule has 3 aromatic rings. The lowest BCUT2D eigenvalue weighted by atomic mass is 10.2. The van der Waals surface area contributed by atoms with Gasteiger partial charge in [0.05, 0.1) is 5.56 Å². The number of nitrogens with zero attached hydrogens (tertiary/aromatic N) is 1. The van der Waals surface area contributed by atoms with Crippen molar-refractivity contribution in [3.8, 4) is 5.75 Å². The average molecular weight is 387 g/mol. The Morgan fingerprint density at radius 2 is 1.72 bits per heavy atom. The lowest BCUT2D eigenvalue weighted by molar-refractivity contribution is -0.129. The summed E-state index contributed by atoms with van der Waals surface area (Å²) >= 11 is 0. The van der Waals surface area contributed by atoms with Crippen molar-refractivity contribution in [2.45, 2.75) is 0 Å². The van der Waals surface area contributed by atoms with Crippen molar-refractivity contribution in [2.24, 2.45) is 4.99 Å². The number of halogens is 1. The van der Waals surface area contributed by atoms with Gasteiger partial charge >= 0.3 is 11.9 Å². The zero-order chi connectivity index (χ0) is 20.2. The summed E-state index contributed by atoms with van der Waals surface area (Å²) in [4.78, 5) is 28.5. The summed E-state index contributed by atoms with van der Waals surface area (Å²) in [6.07, 6.45) is 1.55. The number of hydrogen-bond donors (Lipinski definition) is 0. The number of esters is 2. The van der Waals surface area contributed by atoms with Crippen LogP contribution in [-0.4, -0.2) is 17.8 Å². The molecule has 0 aliphatic carbocycles. The fraction of sp³-hybridized carbons (Fsp3) is 0. The van der Waals surface area contributed by atoms with Gasteiger partial charge in [0.2, 0.25) is 5.90 Å². The minimum Gasteiger partial charge on any atom is -0.423 e. The minimum absolute atomic E-state index is 0.144. The summed E-state index contributed by atoms with van der Waals surface area (Å²) < 4.78 is 23.5. The third-order valence-electron chi connectivity index (χ3n) is 4.09. The van der Waals surface area contributed by atoms with E-state index in [0.717, 1.165) is 0 Å². The Labute approximate surface area is 165 Å². The normalized spacial score (nSPS) is 14.4. The molecule has 0 radical (unpaired) electrons. The average Bonchev–Trinajstić information content (AvgIpc) is 3.10. The molecule has 1 heterocycles. The molecule has 1 aliphatic rings. The van der Waals surface area contributed by atoms with E-state index >= 15 is 0 Å². The Hall–Kier alpha value is -4.06. The van der Waals surface area contributed by atoms with E-state index in [2.05, 4.69) is 4.99 Å². The number of hydrogen-bond acceptors (Lipinski definition) is 5. The van der Waals surface area contributed by atoms with E-state index < -0.39 is 17.8 Å². The third kappa shape index (κ3) is 4.27. The topological polar surface area (TPSA) is 65.0 Å². The van der Waals surface area contributed by atoms with E-state index in [1.54, 1.807) is 42.5 Å². The van der Waals surface area contributed by atoms with Crippen molar-refractivity contribution in [2.75, 3.05) is 0 Å². The predicted octanol–water partition coefficient (Wildman–Crippen LogP) is 4.39. The number of aliphatic imine (C=N–C) groups is 1. The molecule has 3 aromatic carbocycles. The molecule has 1 aliphatic heterocycles. The molecule has 0 amide bonds. The Bertz CT molecular complexity index is 1140. The van der Waals surface area contributed by atoms with Crippen molar-refractivity contribution in [3.05, 3.63) is 107 Å². The summed E-state index contributed by atoms with van der Waals surface area (Å²) in [5.74, 6) is -1.08. The van der Waals surface area contributed by atoms with Gasteiger partial charge in [0.25, 0.3) is 0 Å². The van der Waals surface area contributed by atoms with Crippen LogP contribution in [0.2, 0.25) is 0 Å². The highest BCUT2D eigenvalue weighted by Crippen LogP contribution is 2.22. The van der Waals surface area contributed by atoms with Gasteiger partial charge in [0.15, 0.2) is 5.70 Å². The van der Waals surface area contributed by atoms with Crippen LogP contribution in [0.5, 0.6) is 5.75 Å². The van der Waals surface area contributed by atoms with E-state index in [4.69, 9.17) is 9.47 Å². The summed E-state index contributed by atoms with van der Waals surface area (Å²) in [7, 11) is 0.